The third-order valence-electron chi connectivity index (χ3n) is 4.45. The van der Waals surface area contributed by atoms with E-state index < -0.39 is 17.3 Å². The first kappa shape index (κ1) is 20.1. The van der Waals surface area contributed by atoms with Crippen molar-refractivity contribution in [2.75, 3.05) is 0 Å². The number of benzene rings is 1. The Bertz CT molecular complexity index is 899. The summed E-state index contributed by atoms with van der Waals surface area (Å²) in [6.45, 7) is 1.77. The van der Waals surface area contributed by atoms with E-state index in [2.05, 4.69) is 15.5 Å². The molecule has 0 radical (unpaired) electrons. The summed E-state index contributed by atoms with van der Waals surface area (Å²) < 4.78 is 44.8. The fraction of sp³-hybridized carbons (Fsp3) is 0.444. The quantitative estimate of drug-likeness (QED) is 0.827. The Morgan fingerprint density at radius 1 is 1.29 bits per heavy atom. The van der Waals surface area contributed by atoms with E-state index in [-0.39, 0.29) is 23.8 Å². The van der Waals surface area contributed by atoms with Gasteiger partial charge in [0.15, 0.2) is 0 Å². The predicted molar refractivity (Wildman–Crippen MR) is 94.9 cm³/mol. The molecule has 1 aromatic heterocycles. The van der Waals surface area contributed by atoms with E-state index in [1.165, 1.54) is 17.4 Å². The van der Waals surface area contributed by atoms with Gasteiger partial charge in [0.2, 0.25) is 5.01 Å². The molecular formula is C18H17F3N4O2S. The number of carbonyl (C=O) groups excluding carboxylic acids is 1. The van der Waals surface area contributed by atoms with Crippen LogP contribution in [0, 0.1) is 18.3 Å². The average Bonchev–Trinajstić information content (AvgIpc) is 3.09. The van der Waals surface area contributed by atoms with Crippen molar-refractivity contribution in [3.05, 3.63) is 39.3 Å². The van der Waals surface area contributed by atoms with E-state index in [1.54, 1.807) is 13.0 Å². The molecule has 6 nitrogen and oxygen atoms in total. The van der Waals surface area contributed by atoms with Crippen LogP contribution in [0.5, 0.6) is 5.75 Å². The first-order valence-electron chi connectivity index (χ1n) is 8.65. The molecule has 10 heteroatoms. The number of aryl methyl sites for hydroxylation is 1. The second-order valence-electron chi connectivity index (χ2n) is 6.51. The molecule has 0 aliphatic heterocycles. The number of amides is 1. The Morgan fingerprint density at radius 2 is 2.00 bits per heavy atom. The van der Waals surface area contributed by atoms with E-state index in [9.17, 15) is 18.0 Å². The van der Waals surface area contributed by atoms with Gasteiger partial charge in [0.1, 0.15) is 10.8 Å². The zero-order valence-corrected chi connectivity index (χ0v) is 15.7. The standard InChI is InChI=1S/C18H17F3N4O2S/c1-10-24-25-17(28-10)16(26)23-12-3-6-13(7-4-12)27-14-5-2-11(9-22)15(8-14)18(19,20)21/h2,5,8,12-13H,3-4,6-7H2,1H3,(H,23,26)/t12-,13-. The molecule has 1 aromatic carbocycles. The molecule has 3 rings (SSSR count). The van der Waals surface area contributed by atoms with Crippen molar-refractivity contribution in [3.63, 3.8) is 0 Å². The second kappa shape index (κ2) is 8.14. The van der Waals surface area contributed by atoms with E-state index in [4.69, 9.17) is 10.00 Å². The Morgan fingerprint density at radius 3 is 2.57 bits per heavy atom. The van der Waals surface area contributed by atoms with Gasteiger partial charge in [0.05, 0.1) is 23.3 Å². The Labute approximate surface area is 163 Å². The van der Waals surface area contributed by atoms with E-state index in [0.29, 0.717) is 35.7 Å². The highest BCUT2D eigenvalue weighted by Crippen LogP contribution is 2.35. The zero-order chi connectivity index (χ0) is 20.3. The van der Waals surface area contributed by atoms with Gasteiger partial charge in [-0.2, -0.15) is 18.4 Å². The lowest BCUT2D eigenvalue weighted by atomic mass is 9.93. The SMILES string of the molecule is Cc1nnc(C(=O)N[C@H]2CC[C@H](Oc3ccc(C#N)c(C(F)(F)F)c3)CC2)s1. The maximum Gasteiger partial charge on any atom is 0.417 e. The van der Waals surface area contributed by atoms with Gasteiger partial charge in [-0.25, -0.2) is 0 Å². The summed E-state index contributed by atoms with van der Waals surface area (Å²) in [4.78, 5) is 12.1. The number of hydrogen-bond donors (Lipinski definition) is 1. The molecular weight excluding hydrogens is 393 g/mol. The van der Waals surface area contributed by atoms with Crippen LogP contribution in [0.15, 0.2) is 18.2 Å². The van der Waals surface area contributed by atoms with Gasteiger partial charge in [-0.05, 0) is 50.8 Å². The normalized spacial score (nSPS) is 19.7. The highest BCUT2D eigenvalue weighted by molar-refractivity contribution is 7.13. The minimum absolute atomic E-state index is 0.0387. The molecule has 2 aromatic rings. The van der Waals surface area contributed by atoms with Gasteiger partial charge in [-0.15, -0.1) is 10.2 Å². The molecule has 0 spiro atoms. The molecule has 1 amide bonds. The molecule has 0 atom stereocenters. The minimum Gasteiger partial charge on any atom is -0.490 e. The molecule has 1 N–H and O–H groups in total. The van der Waals surface area contributed by atoms with Gasteiger partial charge in [-0.1, -0.05) is 11.3 Å². The van der Waals surface area contributed by atoms with E-state index >= 15 is 0 Å². The lowest BCUT2D eigenvalue weighted by Gasteiger charge is -2.29. The predicted octanol–water partition coefficient (Wildman–Crippen LogP) is 3.86. The molecule has 0 bridgehead atoms. The van der Waals surface area contributed by atoms with Crippen molar-refractivity contribution in [1.82, 2.24) is 15.5 Å². The van der Waals surface area contributed by atoms with Crippen molar-refractivity contribution in [2.24, 2.45) is 0 Å². The summed E-state index contributed by atoms with van der Waals surface area (Å²) in [5.74, 6) is -0.181. The van der Waals surface area contributed by atoms with Crippen LogP contribution in [0.3, 0.4) is 0 Å². The number of nitrogens with zero attached hydrogens (tertiary/aromatic N) is 3. The van der Waals surface area contributed by atoms with Crippen LogP contribution in [0.2, 0.25) is 0 Å². The van der Waals surface area contributed by atoms with E-state index in [0.717, 1.165) is 12.1 Å². The smallest absolute Gasteiger partial charge is 0.417 e. The Hall–Kier alpha value is -2.67. The van der Waals surface area contributed by atoms with Crippen molar-refractivity contribution < 1.29 is 22.7 Å². The highest BCUT2D eigenvalue weighted by atomic mass is 32.1. The van der Waals surface area contributed by atoms with Gasteiger partial charge >= 0.3 is 6.18 Å². The highest BCUT2D eigenvalue weighted by Gasteiger charge is 2.34. The summed E-state index contributed by atoms with van der Waals surface area (Å²) in [7, 11) is 0. The molecule has 1 fully saturated rings. The molecule has 1 aliphatic rings. The fourth-order valence-corrected chi connectivity index (χ4v) is 3.68. The van der Waals surface area contributed by atoms with Gasteiger partial charge < -0.3 is 10.1 Å². The molecule has 1 heterocycles. The maximum absolute atomic E-state index is 13.1. The first-order chi connectivity index (χ1) is 13.3. The third-order valence-corrected chi connectivity index (χ3v) is 5.29. The summed E-state index contributed by atoms with van der Waals surface area (Å²) in [5, 5.41) is 20.4. The van der Waals surface area contributed by atoms with Gasteiger partial charge in [0, 0.05) is 6.04 Å². The molecule has 0 saturated heterocycles. The number of hydrogen-bond acceptors (Lipinski definition) is 6. The number of alkyl halides is 3. The number of nitriles is 1. The van der Waals surface area contributed by atoms with Crippen LogP contribution in [-0.2, 0) is 6.18 Å². The maximum atomic E-state index is 13.1. The number of halogens is 3. The third kappa shape index (κ3) is 4.78. The van der Waals surface area contributed by atoms with Crippen molar-refractivity contribution in [2.45, 2.75) is 50.9 Å². The lowest BCUT2D eigenvalue weighted by Crippen LogP contribution is -2.39. The number of carbonyl (C=O) groups is 1. The van der Waals surface area contributed by atoms with Crippen molar-refractivity contribution >= 4 is 17.2 Å². The molecule has 1 aliphatic carbocycles. The Balaban J connectivity index is 1.56. The summed E-state index contributed by atoms with van der Waals surface area (Å²) in [6, 6.07) is 4.87. The van der Waals surface area contributed by atoms with Crippen LogP contribution in [0.1, 0.15) is 51.6 Å². The number of ether oxygens (including phenoxy) is 1. The monoisotopic (exact) mass is 410 g/mol. The zero-order valence-electron chi connectivity index (χ0n) is 14.9. The first-order valence-corrected chi connectivity index (χ1v) is 9.47. The molecule has 28 heavy (non-hydrogen) atoms. The molecule has 0 unspecified atom stereocenters. The molecule has 148 valence electrons. The summed E-state index contributed by atoms with van der Waals surface area (Å²) >= 11 is 1.22. The van der Waals surface area contributed by atoms with Gasteiger partial charge in [0.25, 0.3) is 5.91 Å². The van der Waals surface area contributed by atoms with Crippen LogP contribution in [-0.4, -0.2) is 28.3 Å². The number of aromatic nitrogens is 2. The van der Waals surface area contributed by atoms with Crippen LogP contribution >= 0.6 is 11.3 Å². The number of rotatable bonds is 4. The number of nitrogens with one attached hydrogen (secondary N) is 1. The Kier molecular flexibility index (Phi) is 5.84. The summed E-state index contributed by atoms with van der Waals surface area (Å²) in [6.07, 6.45) is -2.36. The van der Waals surface area contributed by atoms with E-state index in [1.807, 2.05) is 0 Å². The van der Waals surface area contributed by atoms with Gasteiger partial charge in [-0.3, -0.25) is 4.79 Å². The largest absolute Gasteiger partial charge is 0.490 e. The average molecular weight is 410 g/mol. The fourth-order valence-electron chi connectivity index (χ4n) is 3.08. The van der Waals surface area contributed by atoms with Crippen molar-refractivity contribution in [1.29, 1.82) is 5.26 Å². The van der Waals surface area contributed by atoms with Crippen molar-refractivity contribution in [3.8, 4) is 11.8 Å². The van der Waals surface area contributed by atoms with Crippen LogP contribution in [0.25, 0.3) is 0 Å². The lowest BCUT2D eigenvalue weighted by molar-refractivity contribution is -0.137. The van der Waals surface area contributed by atoms with Crippen LogP contribution < -0.4 is 10.1 Å². The second-order valence-corrected chi connectivity index (χ2v) is 7.69. The minimum atomic E-state index is -4.62. The summed E-state index contributed by atoms with van der Waals surface area (Å²) in [5.41, 5.74) is -1.43. The molecule has 1 saturated carbocycles. The van der Waals surface area contributed by atoms with Crippen LogP contribution in [0.4, 0.5) is 13.2 Å². The topological polar surface area (TPSA) is 87.9 Å².